The molecule has 2 unspecified atom stereocenters. The third-order valence-electron chi connectivity index (χ3n) is 7.14. The maximum atomic E-state index is 13.3. The summed E-state index contributed by atoms with van der Waals surface area (Å²) in [7, 11) is -3.34. The van der Waals surface area contributed by atoms with Crippen LogP contribution in [-0.2, 0) is 21.2 Å². The van der Waals surface area contributed by atoms with E-state index in [4.69, 9.17) is 0 Å². The lowest BCUT2D eigenvalue weighted by Gasteiger charge is -2.61. The van der Waals surface area contributed by atoms with Gasteiger partial charge in [0.25, 0.3) is 0 Å². The van der Waals surface area contributed by atoms with Crippen molar-refractivity contribution < 1.29 is 13.2 Å². The monoisotopic (exact) mass is 424 g/mol. The third-order valence-corrected chi connectivity index (χ3v) is 7.87. The van der Waals surface area contributed by atoms with E-state index in [1.807, 2.05) is 29.2 Å². The summed E-state index contributed by atoms with van der Waals surface area (Å²) in [6.45, 7) is 0.626. The molecule has 1 aliphatic heterocycles. The highest BCUT2D eigenvalue weighted by Crippen LogP contribution is 2.65. The van der Waals surface area contributed by atoms with Gasteiger partial charge in [0.15, 0.2) is 0 Å². The SMILES string of the molecule is CS(=O)(=O)NC1CCN(C(=O)C23CC(C2)C3)C1Cc1cccc(-c2ccccc2)c1. The molecular weight excluding hydrogens is 396 g/mol. The predicted octanol–water partition coefficient (Wildman–Crippen LogP) is 3.21. The van der Waals surface area contributed by atoms with Crippen molar-refractivity contribution in [2.75, 3.05) is 12.8 Å². The Morgan fingerprint density at radius 1 is 1.07 bits per heavy atom. The smallest absolute Gasteiger partial charge is 0.229 e. The summed E-state index contributed by atoms with van der Waals surface area (Å²) in [5, 5.41) is 0. The summed E-state index contributed by atoms with van der Waals surface area (Å²) in [6.07, 6.45) is 5.57. The highest BCUT2D eigenvalue weighted by atomic mass is 32.2. The molecule has 2 aromatic rings. The second-order valence-electron chi connectivity index (χ2n) is 9.38. The first-order chi connectivity index (χ1) is 14.3. The maximum Gasteiger partial charge on any atom is 0.229 e. The van der Waals surface area contributed by atoms with Gasteiger partial charge >= 0.3 is 0 Å². The fourth-order valence-corrected chi connectivity index (χ4v) is 6.39. The van der Waals surface area contributed by atoms with Crippen LogP contribution in [0.3, 0.4) is 0 Å². The average molecular weight is 425 g/mol. The first kappa shape index (κ1) is 19.8. The Labute approximate surface area is 178 Å². The molecule has 1 N–H and O–H groups in total. The van der Waals surface area contributed by atoms with Crippen LogP contribution in [0.25, 0.3) is 11.1 Å². The lowest BCUT2D eigenvalue weighted by atomic mass is 9.44. The molecule has 4 fully saturated rings. The second-order valence-corrected chi connectivity index (χ2v) is 11.2. The summed E-state index contributed by atoms with van der Waals surface area (Å²) in [5.74, 6) is 0.981. The molecular formula is C24H28N2O3S. The van der Waals surface area contributed by atoms with Crippen LogP contribution in [0.2, 0.25) is 0 Å². The molecule has 1 saturated heterocycles. The van der Waals surface area contributed by atoms with E-state index in [1.165, 1.54) is 6.26 Å². The van der Waals surface area contributed by atoms with Crippen molar-refractivity contribution in [2.45, 2.75) is 44.2 Å². The number of amides is 1. The number of carbonyl (C=O) groups is 1. The number of sulfonamides is 1. The summed E-state index contributed by atoms with van der Waals surface area (Å²) in [4.78, 5) is 15.3. The van der Waals surface area contributed by atoms with Gasteiger partial charge in [-0.15, -0.1) is 0 Å². The number of likely N-dealkylation sites (tertiary alicyclic amines) is 1. The Hall–Kier alpha value is -2.18. The van der Waals surface area contributed by atoms with Gasteiger partial charge in [-0.05, 0) is 54.7 Å². The fourth-order valence-electron chi connectivity index (χ4n) is 5.57. The van der Waals surface area contributed by atoms with Crippen molar-refractivity contribution in [1.29, 1.82) is 0 Å². The van der Waals surface area contributed by atoms with Gasteiger partial charge in [-0.3, -0.25) is 4.79 Å². The van der Waals surface area contributed by atoms with Gasteiger partial charge in [-0.25, -0.2) is 13.1 Å². The van der Waals surface area contributed by atoms with E-state index in [0.29, 0.717) is 19.4 Å². The van der Waals surface area contributed by atoms with Crippen LogP contribution in [-0.4, -0.2) is 44.1 Å². The quantitative estimate of drug-likeness (QED) is 0.774. The van der Waals surface area contributed by atoms with E-state index in [0.717, 1.165) is 41.9 Å². The van der Waals surface area contributed by atoms with Crippen LogP contribution in [0.15, 0.2) is 54.6 Å². The lowest BCUT2D eigenvalue weighted by Crippen LogP contribution is -2.62. The zero-order valence-corrected chi connectivity index (χ0v) is 18.1. The van der Waals surface area contributed by atoms with Crippen molar-refractivity contribution in [1.82, 2.24) is 9.62 Å². The number of nitrogens with one attached hydrogen (secondary N) is 1. The standard InChI is InChI=1S/C24H28N2O3S/c1-30(28,29)25-21-10-11-26(23(27)24-14-18(15-24)16-24)22(21)13-17-6-5-9-20(12-17)19-7-3-2-4-8-19/h2-9,12,18,21-22,25H,10-11,13-16H2,1H3. The van der Waals surface area contributed by atoms with E-state index >= 15 is 0 Å². The number of nitrogens with zero attached hydrogens (tertiary/aromatic N) is 1. The Balaban J connectivity index is 1.41. The first-order valence-electron chi connectivity index (χ1n) is 10.8. The highest BCUT2D eigenvalue weighted by Gasteiger charge is 2.63. The van der Waals surface area contributed by atoms with E-state index in [2.05, 4.69) is 35.1 Å². The number of hydrogen-bond acceptors (Lipinski definition) is 3. The molecule has 2 atom stereocenters. The van der Waals surface area contributed by atoms with Gasteiger partial charge in [0.1, 0.15) is 0 Å². The van der Waals surface area contributed by atoms with Crippen LogP contribution < -0.4 is 4.72 Å². The summed E-state index contributed by atoms with van der Waals surface area (Å²) >= 11 is 0. The van der Waals surface area contributed by atoms with Crippen LogP contribution in [0.4, 0.5) is 0 Å². The van der Waals surface area contributed by atoms with E-state index in [9.17, 15) is 13.2 Å². The molecule has 2 bridgehead atoms. The molecule has 30 heavy (non-hydrogen) atoms. The first-order valence-corrected chi connectivity index (χ1v) is 12.6. The van der Waals surface area contributed by atoms with Crippen molar-refractivity contribution >= 4 is 15.9 Å². The van der Waals surface area contributed by atoms with Crippen molar-refractivity contribution in [3.8, 4) is 11.1 Å². The fraction of sp³-hybridized carbons (Fsp3) is 0.458. The summed E-state index contributed by atoms with van der Waals surface area (Å²) in [5.41, 5.74) is 3.27. The van der Waals surface area contributed by atoms with Gasteiger partial charge in [-0.2, -0.15) is 0 Å². The molecule has 0 radical (unpaired) electrons. The van der Waals surface area contributed by atoms with Gasteiger partial charge in [0, 0.05) is 12.6 Å². The molecule has 5 nitrogen and oxygen atoms in total. The van der Waals surface area contributed by atoms with E-state index < -0.39 is 10.0 Å². The minimum atomic E-state index is -3.34. The second kappa shape index (κ2) is 7.20. The molecule has 4 aliphatic rings. The van der Waals surface area contributed by atoms with Crippen LogP contribution in [0.1, 0.15) is 31.2 Å². The molecule has 0 aromatic heterocycles. The topological polar surface area (TPSA) is 66.5 Å². The van der Waals surface area contributed by atoms with Crippen LogP contribution in [0, 0.1) is 11.3 Å². The Morgan fingerprint density at radius 2 is 1.77 bits per heavy atom. The third kappa shape index (κ3) is 3.56. The zero-order valence-electron chi connectivity index (χ0n) is 17.3. The molecule has 6 rings (SSSR count). The van der Waals surface area contributed by atoms with E-state index in [-0.39, 0.29) is 23.4 Å². The normalized spacial score (nSPS) is 29.9. The minimum Gasteiger partial charge on any atom is -0.337 e. The number of hydrogen-bond donors (Lipinski definition) is 1. The van der Waals surface area contributed by atoms with Gasteiger partial charge in [-0.1, -0.05) is 54.6 Å². The van der Waals surface area contributed by atoms with Crippen molar-refractivity contribution in [2.24, 2.45) is 11.3 Å². The maximum absolute atomic E-state index is 13.3. The lowest BCUT2D eigenvalue weighted by molar-refractivity contribution is -0.177. The Bertz CT molecular complexity index is 1050. The molecule has 3 aliphatic carbocycles. The summed E-state index contributed by atoms with van der Waals surface area (Å²) < 4.78 is 26.7. The largest absolute Gasteiger partial charge is 0.337 e. The van der Waals surface area contributed by atoms with Crippen LogP contribution in [0.5, 0.6) is 0 Å². The highest BCUT2D eigenvalue weighted by molar-refractivity contribution is 7.88. The molecule has 158 valence electrons. The van der Waals surface area contributed by atoms with E-state index in [1.54, 1.807) is 0 Å². The van der Waals surface area contributed by atoms with Crippen molar-refractivity contribution in [3.63, 3.8) is 0 Å². The number of benzene rings is 2. The zero-order chi connectivity index (χ0) is 20.9. The molecule has 1 amide bonds. The average Bonchev–Trinajstić information content (AvgIpc) is 3.01. The van der Waals surface area contributed by atoms with Crippen LogP contribution >= 0.6 is 0 Å². The Morgan fingerprint density at radius 3 is 2.40 bits per heavy atom. The van der Waals surface area contributed by atoms with Gasteiger partial charge in [0.2, 0.25) is 15.9 Å². The Kier molecular flexibility index (Phi) is 4.75. The van der Waals surface area contributed by atoms with Gasteiger partial charge < -0.3 is 4.90 Å². The predicted molar refractivity (Wildman–Crippen MR) is 117 cm³/mol. The van der Waals surface area contributed by atoms with Crippen molar-refractivity contribution in [3.05, 3.63) is 60.2 Å². The molecule has 1 heterocycles. The number of carbonyl (C=O) groups excluding carboxylic acids is 1. The molecule has 0 spiro atoms. The number of rotatable bonds is 6. The molecule has 3 saturated carbocycles. The molecule has 2 aromatic carbocycles. The van der Waals surface area contributed by atoms with Gasteiger partial charge in [0.05, 0.1) is 17.7 Å². The molecule has 6 heteroatoms. The minimum absolute atomic E-state index is 0.144. The summed E-state index contributed by atoms with van der Waals surface area (Å²) in [6, 6.07) is 18.2.